The van der Waals surface area contributed by atoms with Gasteiger partial charge in [0.2, 0.25) is 5.91 Å². The van der Waals surface area contributed by atoms with Crippen LogP contribution in [0.25, 0.3) is 0 Å². The van der Waals surface area contributed by atoms with Crippen LogP contribution in [-0.4, -0.2) is 33.9 Å². The van der Waals surface area contributed by atoms with Crippen molar-refractivity contribution in [2.45, 2.75) is 51.5 Å². The third-order valence-electron chi connectivity index (χ3n) is 4.31. The first-order valence-corrected chi connectivity index (χ1v) is 8.32. The van der Waals surface area contributed by atoms with E-state index in [2.05, 4.69) is 4.98 Å². The van der Waals surface area contributed by atoms with Crippen molar-refractivity contribution in [3.05, 3.63) is 16.6 Å². The third kappa shape index (κ3) is 4.03. The van der Waals surface area contributed by atoms with E-state index in [1.165, 1.54) is 11.3 Å². The van der Waals surface area contributed by atoms with E-state index in [0.29, 0.717) is 19.4 Å². The number of carbonyl (C=O) groups is 2. The molecule has 0 saturated heterocycles. The number of hydrogen-bond acceptors (Lipinski definition) is 4. The van der Waals surface area contributed by atoms with Gasteiger partial charge in [0.25, 0.3) is 0 Å². The number of carboxylic acid groups (broad SMARTS) is 1. The van der Waals surface area contributed by atoms with Crippen LogP contribution in [0.5, 0.6) is 0 Å². The van der Waals surface area contributed by atoms with Crippen LogP contribution in [0.4, 0.5) is 0 Å². The SMILES string of the molecule is CN(Cc1cscn1)C(=O)CC1(C(=O)O)CCCCCC1. The summed E-state index contributed by atoms with van der Waals surface area (Å²) >= 11 is 1.49. The maximum Gasteiger partial charge on any atom is 0.310 e. The van der Waals surface area contributed by atoms with E-state index in [-0.39, 0.29) is 12.3 Å². The Hall–Kier alpha value is -1.43. The molecular formula is C15H22N2O3S. The predicted octanol–water partition coefficient (Wildman–Crippen LogP) is 2.92. The Morgan fingerprint density at radius 2 is 2.00 bits per heavy atom. The van der Waals surface area contributed by atoms with E-state index < -0.39 is 11.4 Å². The second-order valence-electron chi connectivity index (χ2n) is 5.91. The van der Waals surface area contributed by atoms with E-state index in [0.717, 1.165) is 31.4 Å². The Morgan fingerprint density at radius 3 is 2.52 bits per heavy atom. The van der Waals surface area contributed by atoms with Crippen molar-refractivity contribution < 1.29 is 14.7 Å². The molecule has 1 N–H and O–H groups in total. The first-order valence-electron chi connectivity index (χ1n) is 7.38. The fraction of sp³-hybridized carbons (Fsp3) is 0.667. The summed E-state index contributed by atoms with van der Waals surface area (Å²) in [5, 5.41) is 11.5. The molecule has 0 aliphatic heterocycles. The molecule has 1 aromatic heterocycles. The summed E-state index contributed by atoms with van der Waals surface area (Å²) in [6.07, 6.45) is 5.25. The molecule has 1 aliphatic rings. The molecule has 1 saturated carbocycles. The Balaban J connectivity index is 2.02. The molecule has 0 radical (unpaired) electrons. The summed E-state index contributed by atoms with van der Waals surface area (Å²) in [5.74, 6) is -0.924. The highest BCUT2D eigenvalue weighted by Crippen LogP contribution is 2.39. The van der Waals surface area contributed by atoms with Gasteiger partial charge < -0.3 is 10.0 Å². The Labute approximate surface area is 129 Å². The van der Waals surface area contributed by atoms with E-state index in [4.69, 9.17) is 0 Å². The van der Waals surface area contributed by atoms with Crippen LogP contribution in [0.2, 0.25) is 0 Å². The number of aromatic nitrogens is 1. The zero-order valence-electron chi connectivity index (χ0n) is 12.4. The number of rotatable bonds is 5. The topological polar surface area (TPSA) is 70.5 Å². The number of amides is 1. The summed E-state index contributed by atoms with van der Waals surface area (Å²) in [5.41, 5.74) is 1.71. The molecule has 1 fully saturated rings. The average Bonchev–Trinajstić information content (AvgIpc) is 2.83. The lowest BCUT2D eigenvalue weighted by molar-refractivity contribution is -0.154. The van der Waals surface area contributed by atoms with Crippen LogP contribution in [0.3, 0.4) is 0 Å². The lowest BCUT2D eigenvalue weighted by atomic mass is 9.77. The van der Waals surface area contributed by atoms with Crippen LogP contribution in [0.15, 0.2) is 10.9 Å². The molecule has 1 heterocycles. The average molecular weight is 310 g/mol. The lowest BCUT2D eigenvalue weighted by Gasteiger charge is -2.29. The number of hydrogen-bond donors (Lipinski definition) is 1. The lowest BCUT2D eigenvalue weighted by Crippen LogP contribution is -2.38. The number of nitrogens with zero attached hydrogens (tertiary/aromatic N) is 2. The van der Waals surface area contributed by atoms with Gasteiger partial charge in [-0.3, -0.25) is 9.59 Å². The third-order valence-corrected chi connectivity index (χ3v) is 4.95. The predicted molar refractivity (Wildman–Crippen MR) is 81.0 cm³/mol. The van der Waals surface area contributed by atoms with Crippen LogP contribution in [-0.2, 0) is 16.1 Å². The first kappa shape index (κ1) is 15.9. The van der Waals surface area contributed by atoms with Crippen molar-refractivity contribution in [1.82, 2.24) is 9.88 Å². The van der Waals surface area contributed by atoms with Crippen molar-refractivity contribution in [2.24, 2.45) is 5.41 Å². The number of carbonyl (C=O) groups excluding carboxylic acids is 1. The normalized spacial score (nSPS) is 18.0. The second-order valence-corrected chi connectivity index (χ2v) is 6.62. The van der Waals surface area contributed by atoms with Crippen LogP contribution in [0, 0.1) is 5.41 Å². The smallest absolute Gasteiger partial charge is 0.310 e. The van der Waals surface area contributed by atoms with Crippen LogP contribution < -0.4 is 0 Å². The summed E-state index contributed by atoms with van der Waals surface area (Å²) < 4.78 is 0. The van der Waals surface area contributed by atoms with Gasteiger partial charge in [-0.25, -0.2) is 4.98 Å². The molecule has 0 spiro atoms. The highest BCUT2D eigenvalue weighted by Gasteiger charge is 2.41. The van der Waals surface area contributed by atoms with E-state index >= 15 is 0 Å². The second kappa shape index (κ2) is 7.02. The van der Waals surface area contributed by atoms with Crippen LogP contribution >= 0.6 is 11.3 Å². The Bertz CT molecular complexity index is 479. The molecule has 1 aromatic rings. The minimum atomic E-state index is -0.871. The van der Waals surface area contributed by atoms with Gasteiger partial charge in [0.1, 0.15) is 0 Å². The van der Waals surface area contributed by atoms with Crippen molar-refractivity contribution >= 4 is 23.2 Å². The first-order chi connectivity index (χ1) is 10.0. The summed E-state index contributed by atoms with van der Waals surface area (Å²) in [6.45, 7) is 0.442. The summed E-state index contributed by atoms with van der Waals surface area (Å²) in [4.78, 5) is 29.9. The van der Waals surface area contributed by atoms with Crippen LogP contribution in [0.1, 0.15) is 50.6 Å². The van der Waals surface area contributed by atoms with Gasteiger partial charge in [-0.15, -0.1) is 11.3 Å². The largest absolute Gasteiger partial charge is 0.481 e. The monoisotopic (exact) mass is 310 g/mol. The van der Waals surface area contributed by atoms with Gasteiger partial charge in [-0.05, 0) is 12.8 Å². The van der Waals surface area contributed by atoms with E-state index in [1.807, 2.05) is 5.38 Å². The highest BCUT2D eigenvalue weighted by atomic mass is 32.1. The molecule has 2 rings (SSSR count). The zero-order chi connectivity index (χ0) is 15.3. The van der Waals surface area contributed by atoms with E-state index in [9.17, 15) is 14.7 Å². The van der Waals surface area contributed by atoms with E-state index in [1.54, 1.807) is 17.5 Å². The van der Waals surface area contributed by atoms with Gasteiger partial charge >= 0.3 is 5.97 Å². The maximum absolute atomic E-state index is 12.4. The summed E-state index contributed by atoms with van der Waals surface area (Å²) in [6, 6.07) is 0. The van der Waals surface area contributed by atoms with Gasteiger partial charge in [0, 0.05) is 18.8 Å². The highest BCUT2D eigenvalue weighted by molar-refractivity contribution is 7.07. The van der Waals surface area contributed by atoms with Gasteiger partial charge in [0.15, 0.2) is 0 Å². The van der Waals surface area contributed by atoms with Crippen molar-refractivity contribution in [3.63, 3.8) is 0 Å². The zero-order valence-corrected chi connectivity index (χ0v) is 13.2. The standard InChI is InChI=1S/C15H22N2O3S/c1-17(9-12-10-21-11-16-12)13(18)8-15(14(19)20)6-4-2-3-5-7-15/h10-11H,2-9H2,1H3,(H,19,20). The number of aliphatic carboxylic acids is 1. The molecule has 5 nitrogen and oxygen atoms in total. The van der Waals surface area contributed by atoms with Crippen molar-refractivity contribution in [1.29, 1.82) is 0 Å². The van der Waals surface area contributed by atoms with Gasteiger partial charge in [0.05, 0.1) is 23.2 Å². The molecule has 1 aliphatic carbocycles. The fourth-order valence-corrected chi connectivity index (χ4v) is 3.49. The minimum absolute atomic E-state index is 0.100. The molecule has 0 unspecified atom stereocenters. The van der Waals surface area contributed by atoms with Crippen molar-refractivity contribution in [3.8, 4) is 0 Å². The minimum Gasteiger partial charge on any atom is -0.481 e. The fourth-order valence-electron chi connectivity index (χ4n) is 2.94. The van der Waals surface area contributed by atoms with Gasteiger partial charge in [-0.2, -0.15) is 0 Å². The Kier molecular flexibility index (Phi) is 5.33. The molecule has 6 heteroatoms. The maximum atomic E-state index is 12.4. The summed E-state index contributed by atoms with van der Waals surface area (Å²) in [7, 11) is 1.72. The molecule has 21 heavy (non-hydrogen) atoms. The van der Waals surface area contributed by atoms with Crippen molar-refractivity contribution in [2.75, 3.05) is 7.05 Å². The number of carboxylic acids is 1. The Morgan fingerprint density at radius 1 is 1.33 bits per heavy atom. The molecule has 1 amide bonds. The van der Waals surface area contributed by atoms with Gasteiger partial charge in [-0.1, -0.05) is 25.7 Å². The molecule has 116 valence electrons. The molecule has 0 aromatic carbocycles. The molecule has 0 atom stereocenters. The number of thiazole rings is 1. The molecular weight excluding hydrogens is 288 g/mol. The quantitative estimate of drug-likeness (QED) is 0.849. The molecule has 0 bridgehead atoms.